The first-order chi connectivity index (χ1) is 13.0. The quantitative estimate of drug-likeness (QED) is 0.457. The highest BCUT2D eigenvalue weighted by Gasteiger charge is 2.30. The van der Waals surface area contributed by atoms with Crippen molar-refractivity contribution in [3.63, 3.8) is 0 Å². The molecule has 0 radical (unpaired) electrons. The summed E-state index contributed by atoms with van der Waals surface area (Å²) >= 11 is 0. The molecule has 2 N–H and O–H groups in total. The van der Waals surface area contributed by atoms with Gasteiger partial charge in [0.1, 0.15) is 6.04 Å². The lowest BCUT2D eigenvalue weighted by atomic mass is 10.0. The van der Waals surface area contributed by atoms with Crippen molar-refractivity contribution in [1.29, 1.82) is 0 Å². The average molecular weight is 370 g/mol. The third-order valence-corrected chi connectivity index (χ3v) is 4.62. The molecule has 1 saturated heterocycles. The Hall–Kier alpha value is -2.93. The number of ether oxygens (including phenoxy) is 1. The van der Waals surface area contributed by atoms with Crippen LogP contribution in [0.4, 0.5) is 0 Å². The Bertz CT molecular complexity index is 809. The third-order valence-electron chi connectivity index (χ3n) is 4.62. The zero-order valence-electron chi connectivity index (χ0n) is 14.9. The first-order valence-electron chi connectivity index (χ1n) is 8.90. The van der Waals surface area contributed by atoms with E-state index in [-0.39, 0.29) is 17.1 Å². The van der Waals surface area contributed by atoms with E-state index in [1.807, 2.05) is 23.1 Å². The molecule has 1 fully saturated rings. The van der Waals surface area contributed by atoms with Gasteiger partial charge in [0.15, 0.2) is 23.9 Å². The van der Waals surface area contributed by atoms with Crippen molar-refractivity contribution in [2.75, 3.05) is 13.2 Å². The van der Waals surface area contributed by atoms with Gasteiger partial charge in [-0.05, 0) is 49.7 Å². The number of phenols is 2. The first-order valence-corrected chi connectivity index (χ1v) is 8.90. The normalized spacial score (nSPS) is 17.4. The monoisotopic (exact) mass is 370 g/mol. The molecule has 1 atom stereocenters. The Balaban J connectivity index is 1.59. The van der Waals surface area contributed by atoms with Crippen molar-refractivity contribution in [2.24, 2.45) is 0 Å². The van der Waals surface area contributed by atoms with Gasteiger partial charge in [-0.3, -0.25) is 19.5 Å². The van der Waals surface area contributed by atoms with E-state index in [4.69, 9.17) is 4.74 Å². The molecular weight excluding hydrogens is 348 g/mol. The van der Waals surface area contributed by atoms with Crippen LogP contribution in [-0.2, 0) is 16.1 Å². The number of likely N-dealkylation sites (tertiary alicyclic amines) is 1. The SMILES string of the molecule is O=C(COC(=O)C1CCCCN1Cc1ccccn1)c1ccc(O)c(O)c1. The Kier molecular flexibility index (Phi) is 6.03. The molecule has 0 saturated carbocycles. The number of carbonyl (C=O) groups excluding carboxylic acids is 2. The zero-order chi connectivity index (χ0) is 19.2. The number of hydrogen-bond donors (Lipinski definition) is 2. The molecule has 2 heterocycles. The summed E-state index contributed by atoms with van der Waals surface area (Å²) in [5.74, 6) is -1.57. The van der Waals surface area contributed by atoms with E-state index < -0.39 is 24.4 Å². The lowest BCUT2D eigenvalue weighted by molar-refractivity contribution is -0.150. The number of phenolic OH excluding ortho intramolecular Hbond substituents is 2. The summed E-state index contributed by atoms with van der Waals surface area (Å²) in [4.78, 5) is 31.0. The summed E-state index contributed by atoms with van der Waals surface area (Å²) in [5.41, 5.74) is 1.06. The van der Waals surface area contributed by atoms with E-state index in [1.165, 1.54) is 12.1 Å². The Morgan fingerprint density at radius 2 is 2.00 bits per heavy atom. The van der Waals surface area contributed by atoms with Crippen LogP contribution in [0.25, 0.3) is 0 Å². The van der Waals surface area contributed by atoms with Crippen molar-refractivity contribution in [2.45, 2.75) is 31.8 Å². The second-order valence-corrected chi connectivity index (χ2v) is 6.54. The number of piperidine rings is 1. The molecule has 7 heteroatoms. The van der Waals surface area contributed by atoms with Crippen LogP contribution in [0.15, 0.2) is 42.6 Å². The predicted molar refractivity (Wildman–Crippen MR) is 97.3 cm³/mol. The second-order valence-electron chi connectivity index (χ2n) is 6.54. The molecule has 27 heavy (non-hydrogen) atoms. The number of esters is 1. The summed E-state index contributed by atoms with van der Waals surface area (Å²) in [6, 6.07) is 9.02. The highest BCUT2D eigenvalue weighted by atomic mass is 16.5. The van der Waals surface area contributed by atoms with Gasteiger partial charge >= 0.3 is 5.97 Å². The maximum absolute atomic E-state index is 12.5. The molecule has 0 aliphatic carbocycles. The maximum Gasteiger partial charge on any atom is 0.323 e. The van der Waals surface area contributed by atoms with E-state index in [2.05, 4.69) is 4.98 Å². The Morgan fingerprint density at radius 1 is 1.15 bits per heavy atom. The van der Waals surface area contributed by atoms with Gasteiger partial charge in [-0.2, -0.15) is 0 Å². The highest BCUT2D eigenvalue weighted by Crippen LogP contribution is 2.25. The van der Waals surface area contributed by atoms with E-state index >= 15 is 0 Å². The number of pyridine rings is 1. The van der Waals surface area contributed by atoms with Gasteiger partial charge < -0.3 is 14.9 Å². The van der Waals surface area contributed by atoms with E-state index in [0.717, 1.165) is 31.1 Å². The fourth-order valence-corrected chi connectivity index (χ4v) is 3.16. The molecule has 142 valence electrons. The summed E-state index contributed by atoms with van der Waals surface area (Å²) in [7, 11) is 0. The topological polar surface area (TPSA) is 100.0 Å². The van der Waals surface area contributed by atoms with Crippen LogP contribution in [0.1, 0.15) is 35.3 Å². The summed E-state index contributed by atoms with van der Waals surface area (Å²) in [5, 5.41) is 18.8. The molecule has 1 aliphatic heterocycles. The number of nitrogens with zero attached hydrogens (tertiary/aromatic N) is 2. The first kappa shape index (κ1) is 18.8. The second kappa shape index (κ2) is 8.64. The van der Waals surface area contributed by atoms with Crippen molar-refractivity contribution in [3.05, 3.63) is 53.9 Å². The minimum Gasteiger partial charge on any atom is -0.504 e. The number of aromatic nitrogens is 1. The van der Waals surface area contributed by atoms with Crippen LogP contribution in [-0.4, -0.2) is 51.0 Å². The van der Waals surface area contributed by atoms with Gasteiger partial charge in [-0.25, -0.2) is 0 Å². The molecule has 1 unspecified atom stereocenters. The summed E-state index contributed by atoms with van der Waals surface area (Å²) in [6.45, 7) is 0.924. The molecule has 0 spiro atoms. The number of carbonyl (C=O) groups is 2. The molecule has 1 aliphatic rings. The Morgan fingerprint density at radius 3 is 2.74 bits per heavy atom. The molecule has 7 nitrogen and oxygen atoms in total. The fourth-order valence-electron chi connectivity index (χ4n) is 3.16. The van der Waals surface area contributed by atoms with Gasteiger partial charge in [0, 0.05) is 18.3 Å². The van der Waals surface area contributed by atoms with Gasteiger partial charge in [-0.1, -0.05) is 12.5 Å². The van der Waals surface area contributed by atoms with Crippen LogP contribution in [0, 0.1) is 0 Å². The highest BCUT2D eigenvalue weighted by molar-refractivity contribution is 5.98. The van der Waals surface area contributed by atoms with Crippen LogP contribution < -0.4 is 0 Å². The lowest BCUT2D eigenvalue weighted by Crippen LogP contribution is -2.45. The number of aromatic hydroxyl groups is 2. The van der Waals surface area contributed by atoms with E-state index in [9.17, 15) is 19.8 Å². The van der Waals surface area contributed by atoms with Crippen LogP contribution in [0.2, 0.25) is 0 Å². The smallest absolute Gasteiger partial charge is 0.323 e. The van der Waals surface area contributed by atoms with Crippen molar-refractivity contribution < 1.29 is 24.5 Å². The molecule has 3 rings (SSSR count). The van der Waals surface area contributed by atoms with Gasteiger partial charge in [0.2, 0.25) is 0 Å². The van der Waals surface area contributed by atoms with Gasteiger partial charge in [0.05, 0.1) is 5.69 Å². The molecule has 2 aromatic rings. The van der Waals surface area contributed by atoms with Crippen LogP contribution >= 0.6 is 0 Å². The number of ketones is 1. The largest absolute Gasteiger partial charge is 0.504 e. The average Bonchev–Trinajstić information content (AvgIpc) is 2.69. The van der Waals surface area contributed by atoms with Crippen molar-refractivity contribution >= 4 is 11.8 Å². The predicted octanol–water partition coefficient (Wildman–Crippen LogP) is 2.27. The molecular formula is C20H22N2O5. The third kappa shape index (κ3) is 4.83. The van der Waals surface area contributed by atoms with Crippen molar-refractivity contribution in [3.8, 4) is 11.5 Å². The Labute approximate surface area is 157 Å². The lowest BCUT2D eigenvalue weighted by Gasteiger charge is -2.33. The minimum absolute atomic E-state index is 0.173. The number of benzene rings is 1. The summed E-state index contributed by atoms with van der Waals surface area (Å²) in [6.07, 6.45) is 4.33. The fraction of sp³-hybridized carbons (Fsp3) is 0.350. The minimum atomic E-state index is -0.439. The zero-order valence-corrected chi connectivity index (χ0v) is 14.9. The van der Waals surface area contributed by atoms with E-state index in [0.29, 0.717) is 13.0 Å². The van der Waals surface area contributed by atoms with Crippen LogP contribution in [0.5, 0.6) is 11.5 Å². The molecule has 1 aromatic carbocycles. The number of Topliss-reactive ketones (excluding diaryl/α,β-unsaturated/α-hetero) is 1. The standard InChI is InChI=1S/C20H22N2O5/c23-17-8-7-14(11-18(17)24)19(25)13-27-20(26)16-6-2-4-10-22(16)12-15-5-1-3-9-21-15/h1,3,5,7-9,11,16,23-24H,2,4,6,10,12-13H2. The number of rotatable bonds is 6. The van der Waals surface area contributed by atoms with Crippen molar-refractivity contribution in [1.82, 2.24) is 9.88 Å². The summed E-state index contributed by atoms with van der Waals surface area (Å²) < 4.78 is 5.24. The number of hydrogen-bond acceptors (Lipinski definition) is 7. The molecule has 0 bridgehead atoms. The molecule has 0 amide bonds. The van der Waals surface area contributed by atoms with Gasteiger partial charge in [-0.15, -0.1) is 0 Å². The molecule has 1 aromatic heterocycles. The van der Waals surface area contributed by atoms with Gasteiger partial charge in [0.25, 0.3) is 0 Å². The van der Waals surface area contributed by atoms with Crippen LogP contribution in [0.3, 0.4) is 0 Å². The maximum atomic E-state index is 12.5. The van der Waals surface area contributed by atoms with E-state index in [1.54, 1.807) is 6.20 Å².